The van der Waals surface area contributed by atoms with E-state index in [4.69, 9.17) is 11.5 Å². The third-order valence-corrected chi connectivity index (χ3v) is 5.77. The highest BCUT2D eigenvalue weighted by Gasteiger charge is 2.15. The number of amides is 4. The van der Waals surface area contributed by atoms with Crippen molar-refractivity contribution in [3.63, 3.8) is 0 Å². The van der Waals surface area contributed by atoms with Gasteiger partial charge in [0.05, 0.1) is 24.5 Å². The number of aromatic nitrogens is 2. The molecule has 12 heteroatoms. The molecule has 0 aliphatic heterocycles. The maximum Gasteiger partial charge on any atom is 0.272 e. The Morgan fingerprint density at radius 3 is 1.42 bits per heavy atom. The molecule has 4 aromatic rings. The third kappa shape index (κ3) is 5.88. The Labute approximate surface area is 218 Å². The Hall–Kier alpha value is -4.94. The van der Waals surface area contributed by atoms with Crippen molar-refractivity contribution >= 4 is 57.2 Å². The number of hydrogen-bond donors (Lipinski definition) is 6. The molecule has 2 aromatic heterocycles. The van der Waals surface area contributed by atoms with Crippen LogP contribution < -0.4 is 32.7 Å². The van der Waals surface area contributed by atoms with Crippen LogP contribution in [-0.4, -0.2) is 45.9 Å². The Bertz CT molecular complexity index is 1440. The molecule has 12 nitrogen and oxygen atoms in total. The first-order valence-electron chi connectivity index (χ1n) is 11.7. The van der Waals surface area contributed by atoms with Crippen molar-refractivity contribution in [1.82, 2.24) is 9.13 Å². The van der Waals surface area contributed by atoms with E-state index in [1.807, 2.05) is 12.1 Å². The fourth-order valence-corrected chi connectivity index (χ4v) is 3.93. The van der Waals surface area contributed by atoms with Crippen LogP contribution in [0.1, 0.15) is 21.0 Å². The van der Waals surface area contributed by atoms with E-state index in [0.717, 1.165) is 10.8 Å². The Kier molecular flexibility index (Phi) is 7.55. The van der Waals surface area contributed by atoms with Gasteiger partial charge in [0.15, 0.2) is 0 Å². The van der Waals surface area contributed by atoms with Gasteiger partial charge in [-0.15, -0.1) is 0 Å². The molecule has 4 amide bonds. The van der Waals surface area contributed by atoms with Crippen molar-refractivity contribution in [3.8, 4) is 0 Å². The number of anilines is 4. The fourth-order valence-electron chi connectivity index (χ4n) is 3.93. The molecule has 0 aliphatic carbocycles. The molecule has 0 atom stereocenters. The van der Waals surface area contributed by atoms with Crippen molar-refractivity contribution in [3.05, 3.63) is 72.3 Å². The van der Waals surface area contributed by atoms with E-state index in [1.165, 1.54) is 0 Å². The average molecular weight is 517 g/mol. The lowest BCUT2D eigenvalue weighted by atomic mass is 10.1. The highest BCUT2D eigenvalue weighted by atomic mass is 16.2. The molecule has 0 spiro atoms. The second-order valence-corrected chi connectivity index (χ2v) is 8.64. The molecule has 0 bridgehead atoms. The van der Waals surface area contributed by atoms with E-state index in [9.17, 15) is 19.2 Å². The van der Waals surface area contributed by atoms with Gasteiger partial charge in [-0.05, 0) is 47.2 Å². The van der Waals surface area contributed by atoms with Crippen LogP contribution in [0.4, 0.5) is 22.7 Å². The van der Waals surface area contributed by atoms with Crippen molar-refractivity contribution in [2.45, 2.75) is 0 Å². The van der Waals surface area contributed by atoms with E-state index in [0.29, 0.717) is 34.1 Å². The Balaban J connectivity index is 1.49. The zero-order valence-corrected chi connectivity index (χ0v) is 20.9. The van der Waals surface area contributed by atoms with Crippen molar-refractivity contribution in [2.75, 3.05) is 34.4 Å². The standard InChI is InChI=1S/C26H28N8O4/c1-33-13-19(29-23(35)11-27)9-21(33)25(37)31-17-5-3-15-4-6-18(8-16(15)7-17)32-26(38)22-10-20(14-34(22)2)30-24(36)12-28/h3-10,13-14H,11-12,27-28H2,1-2H3,(H,29,35)(H,30,36)(H,31,37)(H,32,38). The average Bonchev–Trinajstić information content (AvgIpc) is 3.44. The van der Waals surface area contributed by atoms with E-state index in [2.05, 4.69) is 21.3 Å². The fraction of sp³-hybridized carbons (Fsp3) is 0.154. The number of carbonyl (C=O) groups excluding carboxylic acids is 4. The number of benzene rings is 2. The number of nitrogens with two attached hydrogens (primary N) is 2. The van der Waals surface area contributed by atoms with Gasteiger partial charge in [-0.1, -0.05) is 12.1 Å². The summed E-state index contributed by atoms with van der Waals surface area (Å²) in [5.74, 6) is -1.42. The minimum absolute atomic E-state index is 0.158. The van der Waals surface area contributed by atoms with Crippen LogP contribution in [-0.2, 0) is 23.7 Å². The summed E-state index contributed by atoms with van der Waals surface area (Å²) in [4.78, 5) is 48.8. The van der Waals surface area contributed by atoms with Crippen LogP contribution in [0.2, 0.25) is 0 Å². The van der Waals surface area contributed by atoms with Crippen LogP contribution in [0.15, 0.2) is 60.9 Å². The summed E-state index contributed by atoms with van der Waals surface area (Å²) in [6.07, 6.45) is 3.25. The van der Waals surface area contributed by atoms with Gasteiger partial charge in [-0.2, -0.15) is 0 Å². The second-order valence-electron chi connectivity index (χ2n) is 8.64. The Morgan fingerprint density at radius 2 is 1.03 bits per heavy atom. The normalized spacial score (nSPS) is 10.7. The van der Waals surface area contributed by atoms with Gasteiger partial charge in [0, 0.05) is 37.9 Å². The molecular weight excluding hydrogens is 488 g/mol. The number of carbonyl (C=O) groups is 4. The van der Waals surface area contributed by atoms with E-state index in [1.54, 1.807) is 72.0 Å². The number of fused-ring (bicyclic) bond motifs is 1. The van der Waals surface area contributed by atoms with Crippen LogP contribution in [0.5, 0.6) is 0 Å². The van der Waals surface area contributed by atoms with Gasteiger partial charge >= 0.3 is 0 Å². The SMILES string of the molecule is Cn1cc(NC(=O)CN)cc1C(=O)Nc1ccc2ccc(NC(=O)c3cc(NC(=O)CN)cn3C)cc2c1. The number of nitrogens with zero attached hydrogens (tertiary/aromatic N) is 2. The summed E-state index contributed by atoms with van der Waals surface area (Å²) >= 11 is 0. The number of rotatable bonds is 8. The summed E-state index contributed by atoms with van der Waals surface area (Å²) in [6, 6.07) is 14.0. The highest BCUT2D eigenvalue weighted by molar-refractivity contribution is 6.07. The molecule has 0 aliphatic rings. The molecule has 38 heavy (non-hydrogen) atoms. The number of hydrogen-bond acceptors (Lipinski definition) is 6. The number of aryl methyl sites for hydroxylation is 2. The maximum absolute atomic E-state index is 12.9. The van der Waals surface area contributed by atoms with Crippen molar-refractivity contribution in [1.29, 1.82) is 0 Å². The third-order valence-electron chi connectivity index (χ3n) is 5.77. The van der Waals surface area contributed by atoms with Gasteiger partial charge in [-0.25, -0.2) is 0 Å². The minimum atomic E-state index is -0.356. The lowest BCUT2D eigenvalue weighted by Gasteiger charge is -2.10. The number of nitrogens with one attached hydrogen (secondary N) is 4. The van der Waals surface area contributed by atoms with Crippen LogP contribution in [0.3, 0.4) is 0 Å². The molecule has 8 N–H and O–H groups in total. The van der Waals surface area contributed by atoms with Crippen molar-refractivity contribution < 1.29 is 19.2 Å². The summed E-state index contributed by atoms with van der Waals surface area (Å²) in [5, 5.41) is 12.7. The molecule has 2 heterocycles. The molecule has 0 saturated heterocycles. The first kappa shape index (κ1) is 26.1. The van der Waals surface area contributed by atoms with Crippen molar-refractivity contribution in [2.24, 2.45) is 25.6 Å². The topological polar surface area (TPSA) is 178 Å². The molecule has 0 unspecified atom stereocenters. The van der Waals surface area contributed by atoms with Gasteiger partial charge in [0.2, 0.25) is 11.8 Å². The lowest BCUT2D eigenvalue weighted by Crippen LogP contribution is -2.21. The second kappa shape index (κ2) is 11.0. The van der Waals surface area contributed by atoms with E-state index < -0.39 is 0 Å². The first-order valence-corrected chi connectivity index (χ1v) is 11.7. The molecule has 4 rings (SSSR count). The summed E-state index contributed by atoms with van der Waals surface area (Å²) in [7, 11) is 3.40. The zero-order chi connectivity index (χ0) is 27.4. The van der Waals surface area contributed by atoms with E-state index >= 15 is 0 Å². The monoisotopic (exact) mass is 516 g/mol. The largest absolute Gasteiger partial charge is 0.344 e. The minimum Gasteiger partial charge on any atom is -0.344 e. The van der Waals surface area contributed by atoms with Gasteiger partial charge in [-0.3, -0.25) is 19.2 Å². The molecule has 196 valence electrons. The quantitative estimate of drug-likeness (QED) is 0.208. The smallest absolute Gasteiger partial charge is 0.272 e. The maximum atomic E-state index is 12.9. The molecule has 0 saturated carbocycles. The van der Waals surface area contributed by atoms with Crippen LogP contribution in [0, 0.1) is 0 Å². The summed E-state index contributed by atoms with van der Waals surface area (Å²) in [5.41, 5.74) is 13.4. The predicted octanol–water partition coefficient (Wildman–Crippen LogP) is 1.82. The predicted molar refractivity (Wildman–Crippen MR) is 146 cm³/mol. The highest BCUT2D eigenvalue weighted by Crippen LogP contribution is 2.24. The van der Waals surface area contributed by atoms with Crippen LogP contribution >= 0.6 is 0 Å². The zero-order valence-electron chi connectivity index (χ0n) is 20.9. The lowest BCUT2D eigenvalue weighted by molar-refractivity contribution is -0.115. The summed E-state index contributed by atoms with van der Waals surface area (Å²) < 4.78 is 3.21. The molecule has 0 radical (unpaired) electrons. The molecular formula is C26H28N8O4. The van der Waals surface area contributed by atoms with Gasteiger partial charge in [0.1, 0.15) is 11.4 Å². The molecule has 2 aromatic carbocycles. The Morgan fingerprint density at radius 1 is 0.605 bits per heavy atom. The first-order chi connectivity index (χ1) is 18.2. The van der Waals surface area contributed by atoms with Gasteiger partial charge < -0.3 is 41.9 Å². The summed E-state index contributed by atoms with van der Waals surface area (Å²) in [6.45, 7) is -0.315. The van der Waals surface area contributed by atoms with E-state index in [-0.39, 0.29) is 36.7 Å². The van der Waals surface area contributed by atoms with Gasteiger partial charge in [0.25, 0.3) is 11.8 Å². The molecule has 0 fully saturated rings. The van der Waals surface area contributed by atoms with Crippen LogP contribution in [0.25, 0.3) is 10.8 Å².